The van der Waals surface area contributed by atoms with Crippen LogP contribution in [0.4, 0.5) is 0 Å². The van der Waals surface area contributed by atoms with Crippen molar-refractivity contribution in [1.29, 1.82) is 0 Å². The number of hydrogen-bond donors (Lipinski definition) is 1. The molecule has 1 saturated heterocycles. The second-order valence-corrected chi connectivity index (χ2v) is 5.99. The Hall–Kier alpha value is -0.610. The highest BCUT2D eigenvalue weighted by Crippen LogP contribution is 2.17. The van der Waals surface area contributed by atoms with E-state index in [0.29, 0.717) is 18.0 Å². The first-order chi connectivity index (χ1) is 8.41. The van der Waals surface area contributed by atoms with Crippen LogP contribution in [0.5, 0.6) is 0 Å². The molecule has 106 valence electrons. The van der Waals surface area contributed by atoms with Crippen LogP contribution in [-0.2, 0) is 4.79 Å². The van der Waals surface area contributed by atoms with Crippen molar-refractivity contribution in [3.8, 4) is 0 Å². The summed E-state index contributed by atoms with van der Waals surface area (Å²) >= 11 is 0. The van der Waals surface area contributed by atoms with E-state index in [1.165, 1.54) is 0 Å². The number of carbonyl (C=O) groups is 1. The highest BCUT2D eigenvalue weighted by Gasteiger charge is 2.31. The second-order valence-electron chi connectivity index (χ2n) is 5.99. The lowest BCUT2D eigenvalue weighted by molar-refractivity contribution is -0.138. The summed E-state index contributed by atoms with van der Waals surface area (Å²) in [6.07, 6.45) is 3.14. The van der Waals surface area contributed by atoms with Crippen molar-refractivity contribution < 1.29 is 4.79 Å². The summed E-state index contributed by atoms with van der Waals surface area (Å²) in [5.41, 5.74) is 0. The Morgan fingerprint density at radius 2 is 2.06 bits per heavy atom. The van der Waals surface area contributed by atoms with E-state index in [4.69, 9.17) is 0 Å². The van der Waals surface area contributed by atoms with Gasteiger partial charge in [-0.1, -0.05) is 13.8 Å². The molecule has 1 aliphatic rings. The molecule has 0 bridgehead atoms. The maximum atomic E-state index is 12.4. The number of piperidine rings is 1. The van der Waals surface area contributed by atoms with Crippen LogP contribution >= 0.6 is 0 Å². The molecule has 2 atom stereocenters. The van der Waals surface area contributed by atoms with Crippen LogP contribution in [0.25, 0.3) is 0 Å². The van der Waals surface area contributed by atoms with E-state index in [1.807, 2.05) is 0 Å². The van der Waals surface area contributed by atoms with Crippen LogP contribution < -0.4 is 5.32 Å². The van der Waals surface area contributed by atoms with Crippen molar-refractivity contribution in [3.05, 3.63) is 0 Å². The van der Waals surface area contributed by atoms with Crippen molar-refractivity contribution in [1.82, 2.24) is 15.1 Å². The molecular formula is C14H29N3O. The van der Waals surface area contributed by atoms with Crippen molar-refractivity contribution in [2.24, 2.45) is 0 Å². The molecule has 2 unspecified atom stereocenters. The Morgan fingerprint density at radius 1 is 1.39 bits per heavy atom. The molecule has 0 aromatic carbocycles. The predicted octanol–water partition coefficient (Wildman–Crippen LogP) is 1.32. The lowest BCUT2D eigenvalue weighted by Gasteiger charge is -2.38. The first-order valence-electron chi connectivity index (χ1n) is 7.13. The van der Waals surface area contributed by atoms with Gasteiger partial charge in [-0.05, 0) is 46.8 Å². The van der Waals surface area contributed by atoms with Gasteiger partial charge in [0.15, 0.2) is 0 Å². The SMILES string of the molecule is CC(C)NC1CCCN(C(C)CCN(C)C)C1=O. The monoisotopic (exact) mass is 255 g/mol. The topological polar surface area (TPSA) is 35.6 Å². The van der Waals surface area contributed by atoms with Crippen LogP contribution in [0.1, 0.15) is 40.0 Å². The number of nitrogens with one attached hydrogen (secondary N) is 1. The molecule has 1 rings (SSSR count). The summed E-state index contributed by atoms with van der Waals surface area (Å²) < 4.78 is 0. The zero-order valence-electron chi connectivity index (χ0n) is 12.6. The molecule has 18 heavy (non-hydrogen) atoms. The molecule has 0 spiro atoms. The molecule has 4 nitrogen and oxygen atoms in total. The Kier molecular flexibility index (Phi) is 6.09. The molecule has 0 saturated carbocycles. The summed E-state index contributed by atoms with van der Waals surface area (Å²) in [6.45, 7) is 8.32. The van der Waals surface area contributed by atoms with Crippen molar-refractivity contribution in [2.75, 3.05) is 27.2 Å². The number of rotatable bonds is 6. The third-order valence-corrected chi connectivity index (χ3v) is 3.53. The average molecular weight is 255 g/mol. The van der Waals surface area contributed by atoms with E-state index < -0.39 is 0 Å². The van der Waals surface area contributed by atoms with Gasteiger partial charge < -0.3 is 15.1 Å². The number of carbonyl (C=O) groups excluding carboxylic acids is 1. The Labute approximate surface area is 112 Å². The van der Waals surface area contributed by atoms with Crippen molar-refractivity contribution >= 4 is 5.91 Å². The lowest BCUT2D eigenvalue weighted by Crippen LogP contribution is -2.55. The summed E-state index contributed by atoms with van der Waals surface area (Å²) in [5.74, 6) is 0.293. The van der Waals surface area contributed by atoms with Gasteiger partial charge >= 0.3 is 0 Å². The molecule has 1 aliphatic heterocycles. The summed E-state index contributed by atoms with van der Waals surface area (Å²) in [5, 5.41) is 3.38. The molecule has 1 amide bonds. The van der Waals surface area contributed by atoms with Gasteiger partial charge in [0.05, 0.1) is 6.04 Å². The summed E-state index contributed by atoms with van der Waals surface area (Å²) in [7, 11) is 4.15. The first-order valence-corrected chi connectivity index (χ1v) is 7.13. The number of amides is 1. The minimum Gasteiger partial charge on any atom is -0.339 e. The summed E-state index contributed by atoms with van der Waals surface area (Å²) in [6, 6.07) is 0.744. The molecule has 0 aliphatic carbocycles. The Morgan fingerprint density at radius 3 is 2.61 bits per heavy atom. The third-order valence-electron chi connectivity index (χ3n) is 3.53. The van der Waals surface area contributed by atoms with Gasteiger partial charge in [0.2, 0.25) is 5.91 Å². The second kappa shape index (κ2) is 7.10. The smallest absolute Gasteiger partial charge is 0.239 e. The fourth-order valence-electron chi connectivity index (χ4n) is 2.50. The van der Waals surface area contributed by atoms with E-state index in [-0.39, 0.29) is 6.04 Å². The average Bonchev–Trinajstić information content (AvgIpc) is 2.28. The molecule has 1 N–H and O–H groups in total. The molecule has 1 heterocycles. The normalized spacial score (nSPS) is 22.9. The minimum atomic E-state index is 0.0283. The lowest BCUT2D eigenvalue weighted by atomic mass is 10.0. The largest absolute Gasteiger partial charge is 0.339 e. The number of nitrogens with zero attached hydrogens (tertiary/aromatic N) is 2. The van der Waals surface area contributed by atoms with E-state index in [1.54, 1.807) is 0 Å². The number of hydrogen-bond acceptors (Lipinski definition) is 3. The Bertz CT molecular complexity index is 266. The third kappa shape index (κ3) is 4.58. The van der Waals surface area contributed by atoms with Crippen LogP contribution in [0, 0.1) is 0 Å². The molecular weight excluding hydrogens is 226 g/mol. The highest BCUT2D eigenvalue weighted by atomic mass is 16.2. The molecule has 0 aromatic rings. The zero-order valence-corrected chi connectivity index (χ0v) is 12.6. The molecule has 0 aromatic heterocycles. The minimum absolute atomic E-state index is 0.0283. The van der Waals surface area contributed by atoms with E-state index in [2.05, 4.69) is 50.0 Å². The zero-order chi connectivity index (χ0) is 13.7. The summed E-state index contributed by atoms with van der Waals surface area (Å²) in [4.78, 5) is 16.6. The standard InChI is InChI=1S/C14H29N3O/c1-11(2)15-13-7-6-9-17(14(13)18)12(3)8-10-16(4)5/h11-13,15H,6-10H2,1-5H3. The van der Waals surface area contributed by atoms with Crippen molar-refractivity contribution in [2.45, 2.75) is 58.2 Å². The number of likely N-dealkylation sites (tertiary alicyclic amines) is 1. The molecule has 1 fully saturated rings. The van der Waals surface area contributed by atoms with Gasteiger partial charge in [-0.15, -0.1) is 0 Å². The van der Waals surface area contributed by atoms with Gasteiger partial charge in [-0.2, -0.15) is 0 Å². The fourth-order valence-corrected chi connectivity index (χ4v) is 2.50. The fraction of sp³-hybridized carbons (Fsp3) is 0.929. The van der Waals surface area contributed by atoms with E-state index in [9.17, 15) is 4.79 Å². The van der Waals surface area contributed by atoms with Crippen LogP contribution in [0.3, 0.4) is 0 Å². The van der Waals surface area contributed by atoms with Gasteiger partial charge in [0.1, 0.15) is 0 Å². The van der Waals surface area contributed by atoms with E-state index in [0.717, 1.165) is 32.4 Å². The predicted molar refractivity (Wildman–Crippen MR) is 75.6 cm³/mol. The van der Waals surface area contributed by atoms with Crippen LogP contribution in [0.2, 0.25) is 0 Å². The van der Waals surface area contributed by atoms with Gasteiger partial charge in [0.25, 0.3) is 0 Å². The van der Waals surface area contributed by atoms with Gasteiger partial charge in [-0.3, -0.25) is 4.79 Å². The maximum absolute atomic E-state index is 12.4. The molecule has 4 heteroatoms. The van der Waals surface area contributed by atoms with Gasteiger partial charge in [0, 0.05) is 18.6 Å². The van der Waals surface area contributed by atoms with Crippen molar-refractivity contribution in [3.63, 3.8) is 0 Å². The maximum Gasteiger partial charge on any atom is 0.239 e. The quantitative estimate of drug-likeness (QED) is 0.777. The van der Waals surface area contributed by atoms with E-state index >= 15 is 0 Å². The van der Waals surface area contributed by atoms with Crippen LogP contribution in [-0.4, -0.2) is 61.0 Å². The van der Waals surface area contributed by atoms with Gasteiger partial charge in [-0.25, -0.2) is 0 Å². The Balaban J connectivity index is 2.51. The first kappa shape index (κ1) is 15.4. The highest BCUT2D eigenvalue weighted by molar-refractivity contribution is 5.82. The van der Waals surface area contributed by atoms with Crippen LogP contribution in [0.15, 0.2) is 0 Å². The molecule has 0 radical (unpaired) electrons.